The number of aryl methyl sites for hydroxylation is 1. The van der Waals surface area contributed by atoms with Gasteiger partial charge < -0.3 is 10.1 Å². The molecule has 0 bridgehead atoms. The lowest BCUT2D eigenvalue weighted by Crippen LogP contribution is -2.30. The smallest absolute Gasteiger partial charge is 0.129 e. The minimum absolute atomic E-state index is 0.216. The van der Waals surface area contributed by atoms with Crippen LogP contribution in [0, 0.1) is 6.92 Å². The summed E-state index contributed by atoms with van der Waals surface area (Å²) in [4.78, 5) is 0. The quantitative estimate of drug-likeness (QED) is 0.880. The third-order valence-corrected chi connectivity index (χ3v) is 3.62. The highest BCUT2D eigenvalue weighted by Crippen LogP contribution is 2.44. The second-order valence-corrected chi connectivity index (χ2v) is 4.99. The summed E-state index contributed by atoms with van der Waals surface area (Å²) in [5.74, 6) is 0.988. The van der Waals surface area contributed by atoms with Crippen LogP contribution >= 0.6 is 11.6 Å². The first-order chi connectivity index (χ1) is 8.19. The third kappa shape index (κ3) is 2.29. The van der Waals surface area contributed by atoms with E-state index in [1.54, 1.807) is 0 Å². The summed E-state index contributed by atoms with van der Waals surface area (Å²) in [7, 11) is 0. The highest BCUT2D eigenvalue weighted by Gasteiger charge is 2.35. The zero-order valence-corrected chi connectivity index (χ0v) is 11.5. The number of hydrogen-bond acceptors (Lipinski definition) is 2. The number of hydrogen-bond donors (Lipinski definition) is 1. The van der Waals surface area contributed by atoms with Gasteiger partial charge in [-0.15, -0.1) is 0 Å². The highest BCUT2D eigenvalue weighted by atomic mass is 35.5. The van der Waals surface area contributed by atoms with Gasteiger partial charge >= 0.3 is 0 Å². The minimum Gasteiger partial charge on any atom is -0.488 e. The number of nitrogens with one attached hydrogen (secondary N) is 1. The molecule has 0 fully saturated rings. The molecule has 3 heteroatoms. The highest BCUT2D eigenvalue weighted by molar-refractivity contribution is 6.31. The van der Waals surface area contributed by atoms with Crippen molar-refractivity contribution in [2.75, 3.05) is 6.54 Å². The molecule has 2 unspecified atom stereocenters. The largest absolute Gasteiger partial charge is 0.488 e. The van der Waals surface area contributed by atoms with Gasteiger partial charge in [0.05, 0.1) is 6.04 Å². The molecule has 1 aromatic rings. The zero-order chi connectivity index (χ0) is 12.4. The van der Waals surface area contributed by atoms with Crippen LogP contribution in [0.15, 0.2) is 12.1 Å². The van der Waals surface area contributed by atoms with Crippen molar-refractivity contribution in [3.8, 4) is 5.75 Å². The van der Waals surface area contributed by atoms with Gasteiger partial charge in [-0.3, -0.25) is 0 Å². The summed E-state index contributed by atoms with van der Waals surface area (Å²) < 4.78 is 6.08. The topological polar surface area (TPSA) is 21.3 Å². The lowest BCUT2D eigenvalue weighted by atomic mass is 9.99. The van der Waals surface area contributed by atoms with Crippen molar-refractivity contribution in [2.24, 2.45) is 0 Å². The van der Waals surface area contributed by atoms with Gasteiger partial charge in [0.1, 0.15) is 11.9 Å². The fraction of sp³-hybridized carbons (Fsp3) is 0.571. The van der Waals surface area contributed by atoms with Gasteiger partial charge in [0.25, 0.3) is 0 Å². The Morgan fingerprint density at radius 1 is 1.35 bits per heavy atom. The van der Waals surface area contributed by atoms with Crippen LogP contribution in [0.3, 0.4) is 0 Å². The Morgan fingerprint density at radius 2 is 2.12 bits per heavy atom. The molecule has 0 aliphatic carbocycles. The van der Waals surface area contributed by atoms with E-state index in [0.717, 1.165) is 35.7 Å². The van der Waals surface area contributed by atoms with Crippen LogP contribution in [-0.2, 0) is 0 Å². The molecule has 1 aliphatic heterocycles. The fourth-order valence-corrected chi connectivity index (χ4v) is 2.77. The lowest BCUT2D eigenvalue weighted by molar-refractivity contribution is 0.178. The zero-order valence-electron chi connectivity index (χ0n) is 10.7. The molecule has 0 radical (unpaired) electrons. The maximum absolute atomic E-state index is 6.32. The molecule has 0 aromatic heterocycles. The van der Waals surface area contributed by atoms with Crippen LogP contribution in [0.5, 0.6) is 5.75 Å². The minimum atomic E-state index is 0.216. The van der Waals surface area contributed by atoms with E-state index in [2.05, 4.69) is 26.1 Å². The van der Waals surface area contributed by atoms with Crippen molar-refractivity contribution >= 4 is 11.6 Å². The molecule has 0 amide bonds. The van der Waals surface area contributed by atoms with Crippen molar-refractivity contribution < 1.29 is 4.74 Å². The molecule has 17 heavy (non-hydrogen) atoms. The standard InChI is InChI=1S/C14H20ClNO/c1-4-6-11-13(16-5-2)12-10(15)8-7-9(3)14(12)17-11/h7-8,11,13,16H,4-6H2,1-3H3. The second-order valence-electron chi connectivity index (χ2n) is 4.59. The van der Waals surface area contributed by atoms with E-state index >= 15 is 0 Å². The maximum Gasteiger partial charge on any atom is 0.129 e. The average Bonchev–Trinajstić information content (AvgIpc) is 2.66. The summed E-state index contributed by atoms with van der Waals surface area (Å²) in [5.41, 5.74) is 2.32. The predicted octanol–water partition coefficient (Wildman–Crippen LogP) is 3.86. The first kappa shape index (κ1) is 12.7. The first-order valence-electron chi connectivity index (χ1n) is 6.38. The number of benzene rings is 1. The number of likely N-dealkylation sites (N-methyl/N-ethyl adjacent to an activating group) is 1. The van der Waals surface area contributed by atoms with Crippen molar-refractivity contribution in [2.45, 2.75) is 45.8 Å². The average molecular weight is 254 g/mol. The normalized spacial score (nSPS) is 22.4. The van der Waals surface area contributed by atoms with Crippen molar-refractivity contribution in [3.05, 3.63) is 28.3 Å². The molecule has 2 atom stereocenters. The summed E-state index contributed by atoms with van der Waals surface area (Å²) in [6.07, 6.45) is 2.40. The van der Waals surface area contributed by atoms with Crippen LogP contribution in [-0.4, -0.2) is 12.6 Å². The molecule has 2 nitrogen and oxygen atoms in total. The fourth-order valence-electron chi connectivity index (χ4n) is 2.50. The molecule has 0 spiro atoms. The monoisotopic (exact) mass is 253 g/mol. The Bertz CT molecular complexity index is 405. The van der Waals surface area contributed by atoms with Gasteiger partial charge in [-0.2, -0.15) is 0 Å². The van der Waals surface area contributed by atoms with Gasteiger partial charge in [-0.05, 0) is 31.5 Å². The Hall–Kier alpha value is -0.730. The molecule has 0 saturated heterocycles. The van der Waals surface area contributed by atoms with Crippen molar-refractivity contribution in [1.29, 1.82) is 0 Å². The molecular formula is C14H20ClNO. The Kier molecular flexibility index (Phi) is 3.95. The van der Waals surface area contributed by atoms with Crippen LogP contribution in [0.4, 0.5) is 0 Å². The van der Waals surface area contributed by atoms with Gasteiger partial charge in [-0.1, -0.05) is 37.9 Å². The van der Waals surface area contributed by atoms with E-state index in [0.29, 0.717) is 0 Å². The SMILES string of the molecule is CCCC1Oc2c(C)ccc(Cl)c2C1NCC. The van der Waals surface area contributed by atoms with E-state index in [1.165, 1.54) is 5.56 Å². The summed E-state index contributed by atoms with van der Waals surface area (Å²) in [6.45, 7) is 7.30. The summed E-state index contributed by atoms with van der Waals surface area (Å²) in [5, 5.41) is 4.31. The predicted molar refractivity (Wildman–Crippen MR) is 71.9 cm³/mol. The summed E-state index contributed by atoms with van der Waals surface area (Å²) >= 11 is 6.32. The number of ether oxygens (including phenoxy) is 1. The first-order valence-corrected chi connectivity index (χ1v) is 6.75. The van der Waals surface area contributed by atoms with Gasteiger partial charge in [0.15, 0.2) is 0 Å². The molecule has 2 rings (SSSR count). The molecular weight excluding hydrogens is 234 g/mol. The molecule has 1 aromatic carbocycles. The van der Waals surface area contributed by atoms with Crippen LogP contribution in [0.1, 0.15) is 43.9 Å². The molecule has 0 saturated carbocycles. The Morgan fingerprint density at radius 3 is 2.76 bits per heavy atom. The third-order valence-electron chi connectivity index (χ3n) is 3.29. The van der Waals surface area contributed by atoms with E-state index in [1.807, 2.05) is 12.1 Å². The van der Waals surface area contributed by atoms with E-state index in [4.69, 9.17) is 16.3 Å². The van der Waals surface area contributed by atoms with Crippen molar-refractivity contribution in [3.63, 3.8) is 0 Å². The van der Waals surface area contributed by atoms with Crippen LogP contribution in [0.25, 0.3) is 0 Å². The Balaban J connectivity index is 2.39. The van der Waals surface area contributed by atoms with E-state index in [9.17, 15) is 0 Å². The molecule has 94 valence electrons. The molecule has 1 aliphatic rings. The number of halogens is 1. The van der Waals surface area contributed by atoms with Crippen LogP contribution in [0.2, 0.25) is 5.02 Å². The second kappa shape index (κ2) is 5.28. The van der Waals surface area contributed by atoms with Crippen LogP contribution < -0.4 is 10.1 Å². The Labute approximate surface area is 108 Å². The molecule has 1 heterocycles. The van der Waals surface area contributed by atoms with E-state index in [-0.39, 0.29) is 12.1 Å². The number of rotatable bonds is 4. The number of fused-ring (bicyclic) bond motifs is 1. The van der Waals surface area contributed by atoms with E-state index < -0.39 is 0 Å². The summed E-state index contributed by atoms with van der Waals surface area (Å²) in [6, 6.07) is 4.23. The molecule has 1 N–H and O–H groups in total. The maximum atomic E-state index is 6.32. The van der Waals surface area contributed by atoms with Gasteiger partial charge in [-0.25, -0.2) is 0 Å². The van der Waals surface area contributed by atoms with Crippen molar-refractivity contribution in [1.82, 2.24) is 5.32 Å². The van der Waals surface area contributed by atoms with Gasteiger partial charge in [0, 0.05) is 10.6 Å². The van der Waals surface area contributed by atoms with Gasteiger partial charge in [0.2, 0.25) is 0 Å². The lowest BCUT2D eigenvalue weighted by Gasteiger charge is -2.19.